The summed E-state index contributed by atoms with van der Waals surface area (Å²) in [7, 11) is 0. The second-order valence-corrected chi connectivity index (χ2v) is 17.6. The van der Waals surface area contributed by atoms with Crippen LogP contribution in [0.3, 0.4) is 0 Å². The van der Waals surface area contributed by atoms with Crippen LogP contribution < -0.4 is 0 Å². The molecular formula is C36H56O10. The van der Waals surface area contributed by atoms with E-state index in [0.29, 0.717) is 19.3 Å². The maximum atomic E-state index is 14.4. The first-order valence-electron chi connectivity index (χ1n) is 17.5. The number of carbonyl (C=O) groups is 2. The second-order valence-electron chi connectivity index (χ2n) is 17.6. The number of aliphatic carboxylic acids is 1. The van der Waals surface area contributed by atoms with Gasteiger partial charge in [-0.15, -0.1) is 0 Å². The van der Waals surface area contributed by atoms with E-state index >= 15 is 0 Å². The minimum Gasteiger partial charge on any atom is -0.481 e. The molecule has 5 fully saturated rings. The average molecular weight is 649 g/mol. The molecule has 46 heavy (non-hydrogen) atoms. The van der Waals surface area contributed by atoms with Gasteiger partial charge < -0.3 is 40.1 Å². The Bertz CT molecular complexity index is 1280. The first-order chi connectivity index (χ1) is 21.3. The number of esters is 1. The number of aliphatic hydroxyl groups excluding tert-OH is 5. The second kappa shape index (κ2) is 11.0. The zero-order valence-corrected chi connectivity index (χ0v) is 28.4. The number of allylic oxidation sites excluding steroid dienone is 2. The standard InChI is InChI=1S/C36H56O10/c1-31(2)13-15-36(30(44)46-28-27(41)26(40)25(39)21(18-37)45-28)16-14-33(4)19(20(36)17-31)7-8-22-32(3)11-10-24(38)35(6,29(42)43)23(32)9-12-34(22,33)5/h7,20-28,37-41H,8-18H2,1-6H3,(H,42,43)/t20-,21-,22-,23+,24-,25-,26+,27-,28+,32+,33-,34-,35+,36+/m1/s1. The number of carbonyl (C=O) groups excluding carboxylic acids is 1. The van der Waals surface area contributed by atoms with E-state index in [9.17, 15) is 40.2 Å². The predicted molar refractivity (Wildman–Crippen MR) is 167 cm³/mol. The molecule has 6 aliphatic rings. The van der Waals surface area contributed by atoms with Crippen LogP contribution in [0.15, 0.2) is 11.6 Å². The largest absolute Gasteiger partial charge is 0.481 e. The lowest BCUT2D eigenvalue weighted by Gasteiger charge is -2.71. The molecule has 1 heterocycles. The lowest BCUT2D eigenvalue weighted by molar-refractivity contribution is -0.297. The molecule has 1 saturated heterocycles. The Morgan fingerprint density at radius 3 is 2.20 bits per heavy atom. The van der Waals surface area contributed by atoms with Gasteiger partial charge in [0.05, 0.1) is 23.5 Å². The number of carboxylic acids is 1. The summed E-state index contributed by atoms with van der Waals surface area (Å²) >= 11 is 0. The van der Waals surface area contributed by atoms with Crippen LogP contribution in [0, 0.1) is 50.2 Å². The molecule has 0 spiro atoms. The molecule has 10 nitrogen and oxygen atoms in total. The molecule has 6 N–H and O–H groups in total. The SMILES string of the molecule is CC1(C)CC[C@]2(C(=O)O[C@@H]3O[C@H](CO)[C@@H](O)[C@H](O)[C@H]3O)CC[C@]3(C)C(=CC[C@@H]4[C@]5(C)CC[C@@H](O)[C@@](C)(C(=O)O)[C@H]5CC[C@]43C)[C@H]2C1. The molecule has 6 rings (SSSR count). The first-order valence-corrected chi connectivity index (χ1v) is 17.5. The van der Waals surface area contributed by atoms with Gasteiger partial charge in [0.15, 0.2) is 0 Å². The van der Waals surface area contributed by atoms with Crippen LogP contribution in [-0.2, 0) is 19.1 Å². The third-order valence-corrected chi connectivity index (χ3v) is 15.2. The van der Waals surface area contributed by atoms with Crippen molar-refractivity contribution in [2.45, 2.75) is 143 Å². The van der Waals surface area contributed by atoms with Gasteiger partial charge in [-0.3, -0.25) is 9.59 Å². The Kier molecular flexibility index (Phi) is 8.18. The highest BCUT2D eigenvalue weighted by Gasteiger charge is 2.71. The zero-order chi connectivity index (χ0) is 33.8. The summed E-state index contributed by atoms with van der Waals surface area (Å²) in [6, 6.07) is 0. The third kappa shape index (κ3) is 4.49. The molecule has 0 aromatic heterocycles. The van der Waals surface area contributed by atoms with Crippen LogP contribution in [0.25, 0.3) is 0 Å². The molecule has 0 amide bonds. The Labute approximate surface area is 272 Å². The molecule has 0 aromatic carbocycles. The van der Waals surface area contributed by atoms with Crippen molar-refractivity contribution in [3.8, 4) is 0 Å². The lowest BCUT2D eigenvalue weighted by Crippen LogP contribution is -2.66. The Morgan fingerprint density at radius 2 is 1.54 bits per heavy atom. The van der Waals surface area contributed by atoms with E-state index in [-0.39, 0.29) is 39.4 Å². The van der Waals surface area contributed by atoms with Gasteiger partial charge in [0.2, 0.25) is 6.29 Å². The summed E-state index contributed by atoms with van der Waals surface area (Å²) in [6.07, 6.45) is 1.20. The van der Waals surface area contributed by atoms with E-state index < -0.39 is 66.2 Å². The fraction of sp³-hybridized carbons (Fsp3) is 0.889. The van der Waals surface area contributed by atoms with Crippen molar-refractivity contribution in [3.05, 3.63) is 11.6 Å². The molecule has 10 heteroatoms. The van der Waals surface area contributed by atoms with Gasteiger partial charge in [0, 0.05) is 0 Å². The Morgan fingerprint density at radius 1 is 0.870 bits per heavy atom. The quantitative estimate of drug-likeness (QED) is 0.195. The molecule has 5 aliphatic carbocycles. The average Bonchev–Trinajstić information content (AvgIpc) is 2.99. The van der Waals surface area contributed by atoms with Crippen LogP contribution in [0.5, 0.6) is 0 Å². The summed E-state index contributed by atoms with van der Waals surface area (Å²) in [5, 5.41) is 62.4. The van der Waals surface area contributed by atoms with Crippen LogP contribution >= 0.6 is 0 Å². The summed E-state index contributed by atoms with van der Waals surface area (Å²) in [5.41, 5.74) is -1.39. The van der Waals surface area contributed by atoms with Crippen molar-refractivity contribution < 1.29 is 49.7 Å². The van der Waals surface area contributed by atoms with Crippen molar-refractivity contribution in [3.63, 3.8) is 0 Å². The summed E-state index contributed by atoms with van der Waals surface area (Å²) < 4.78 is 11.5. The van der Waals surface area contributed by atoms with Crippen molar-refractivity contribution in [1.82, 2.24) is 0 Å². The van der Waals surface area contributed by atoms with E-state index in [0.717, 1.165) is 44.9 Å². The smallest absolute Gasteiger partial charge is 0.315 e. The van der Waals surface area contributed by atoms with Gasteiger partial charge >= 0.3 is 11.9 Å². The third-order valence-electron chi connectivity index (χ3n) is 15.2. The molecule has 4 saturated carbocycles. The van der Waals surface area contributed by atoms with Gasteiger partial charge in [-0.25, -0.2) is 0 Å². The fourth-order valence-corrected chi connectivity index (χ4v) is 12.0. The predicted octanol–water partition coefficient (Wildman–Crippen LogP) is 3.56. The van der Waals surface area contributed by atoms with E-state index in [4.69, 9.17) is 9.47 Å². The molecule has 0 radical (unpaired) electrons. The Balaban J connectivity index is 1.36. The van der Waals surface area contributed by atoms with Gasteiger partial charge in [0.25, 0.3) is 0 Å². The van der Waals surface area contributed by atoms with E-state index in [1.807, 2.05) is 0 Å². The summed E-state index contributed by atoms with van der Waals surface area (Å²) in [6.45, 7) is 12.6. The van der Waals surface area contributed by atoms with Crippen LogP contribution in [0.1, 0.15) is 106 Å². The first kappa shape index (κ1) is 34.3. The highest BCUT2D eigenvalue weighted by Crippen LogP contribution is 2.76. The van der Waals surface area contributed by atoms with Crippen LogP contribution in [-0.4, -0.2) is 86.0 Å². The number of hydrogen-bond acceptors (Lipinski definition) is 9. The Hall–Kier alpha value is -1.56. The molecule has 0 aromatic rings. The number of hydrogen-bond donors (Lipinski definition) is 6. The van der Waals surface area contributed by atoms with Crippen LogP contribution in [0.4, 0.5) is 0 Å². The highest BCUT2D eigenvalue weighted by atomic mass is 16.7. The molecule has 0 bridgehead atoms. The minimum atomic E-state index is -1.65. The molecule has 260 valence electrons. The maximum Gasteiger partial charge on any atom is 0.315 e. The molecule has 14 atom stereocenters. The lowest BCUT2D eigenvalue weighted by atomic mass is 9.33. The number of aliphatic hydroxyl groups is 5. The normalized spacial score (nSPS) is 53.0. The van der Waals surface area contributed by atoms with Crippen molar-refractivity contribution in [2.24, 2.45) is 50.2 Å². The van der Waals surface area contributed by atoms with Crippen molar-refractivity contribution >= 4 is 11.9 Å². The van der Waals surface area contributed by atoms with Crippen molar-refractivity contribution in [1.29, 1.82) is 0 Å². The molecule has 1 aliphatic heterocycles. The number of ether oxygens (including phenoxy) is 2. The highest BCUT2D eigenvalue weighted by molar-refractivity contribution is 5.79. The number of rotatable bonds is 4. The van der Waals surface area contributed by atoms with E-state index in [1.165, 1.54) is 5.57 Å². The fourth-order valence-electron chi connectivity index (χ4n) is 12.0. The van der Waals surface area contributed by atoms with Gasteiger partial charge in [-0.05, 0) is 111 Å². The topological polar surface area (TPSA) is 174 Å². The van der Waals surface area contributed by atoms with Crippen LogP contribution in [0.2, 0.25) is 0 Å². The van der Waals surface area contributed by atoms with Gasteiger partial charge in [-0.1, -0.05) is 46.3 Å². The summed E-state index contributed by atoms with van der Waals surface area (Å²) in [5.74, 6) is -1.40. The maximum absolute atomic E-state index is 14.4. The van der Waals surface area contributed by atoms with Gasteiger partial charge in [-0.2, -0.15) is 0 Å². The number of carboxylic acid groups (broad SMARTS) is 1. The molecular weight excluding hydrogens is 592 g/mol. The monoisotopic (exact) mass is 648 g/mol. The van der Waals surface area contributed by atoms with E-state index in [1.54, 1.807) is 6.92 Å². The molecule has 0 unspecified atom stereocenters. The zero-order valence-electron chi connectivity index (χ0n) is 28.4. The minimum absolute atomic E-state index is 0.0130. The van der Waals surface area contributed by atoms with E-state index in [2.05, 4.69) is 40.7 Å². The summed E-state index contributed by atoms with van der Waals surface area (Å²) in [4.78, 5) is 27.1. The number of fused-ring (bicyclic) bond motifs is 7. The van der Waals surface area contributed by atoms with Gasteiger partial charge in [0.1, 0.15) is 24.4 Å². The van der Waals surface area contributed by atoms with Crippen molar-refractivity contribution in [2.75, 3.05) is 6.61 Å².